The molecule has 0 aliphatic carbocycles. The molecular weight excluding hydrogens is 436 g/mol. The van der Waals surface area contributed by atoms with Crippen molar-refractivity contribution in [3.8, 4) is 0 Å². The summed E-state index contributed by atoms with van der Waals surface area (Å²) in [6.07, 6.45) is 0. The number of nitrogens with zero attached hydrogens (tertiary/aromatic N) is 3. The van der Waals surface area contributed by atoms with Crippen LogP contribution < -0.4 is 5.73 Å². The van der Waals surface area contributed by atoms with Gasteiger partial charge in [-0.05, 0) is 41.7 Å². The first-order valence-corrected chi connectivity index (χ1v) is 12.1. The molecule has 3 aromatic carbocycles. The number of piperidine rings is 1. The average molecular weight is 471 g/mol. The van der Waals surface area contributed by atoms with Crippen LogP contribution in [-0.2, 0) is 0 Å². The minimum Gasteiger partial charge on any atom is -0.411 e. The van der Waals surface area contributed by atoms with Crippen LogP contribution in [0.25, 0.3) is 0 Å². The molecule has 1 fully saturated rings. The minimum atomic E-state index is -0.145. The van der Waals surface area contributed by atoms with Crippen molar-refractivity contribution >= 4 is 11.4 Å². The second-order valence-corrected chi connectivity index (χ2v) is 9.28. The van der Waals surface area contributed by atoms with Crippen molar-refractivity contribution < 1.29 is 10.4 Å². The highest BCUT2D eigenvalue weighted by Crippen LogP contribution is 2.42. The summed E-state index contributed by atoms with van der Waals surface area (Å²) in [6, 6.07) is 26.0. The lowest BCUT2D eigenvalue weighted by Gasteiger charge is -2.45. The van der Waals surface area contributed by atoms with Crippen LogP contribution in [0.2, 0.25) is 0 Å². The molecule has 0 amide bonds. The number of aryl methyl sites for hydroxylation is 1. The van der Waals surface area contributed by atoms with Crippen LogP contribution >= 0.6 is 0 Å². The Kier molecular flexibility index (Phi) is 7.95. The molecule has 4 N–H and O–H groups in total. The molecule has 2 atom stereocenters. The molecule has 1 aliphatic heterocycles. The van der Waals surface area contributed by atoms with Crippen LogP contribution in [0, 0.1) is 25.7 Å². The van der Waals surface area contributed by atoms with E-state index in [0.717, 1.165) is 11.1 Å². The van der Waals surface area contributed by atoms with E-state index >= 15 is 0 Å². The second-order valence-electron chi connectivity index (χ2n) is 9.28. The Morgan fingerprint density at radius 3 is 1.77 bits per heavy atom. The largest absolute Gasteiger partial charge is 0.411 e. The number of likely N-dealkylation sites (tertiary alicyclic amines) is 1. The fourth-order valence-corrected chi connectivity index (χ4v) is 5.49. The average Bonchev–Trinajstić information content (AvgIpc) is 2.88. The lowest BCUT2D eigenvalue weighted by Crippen LogP contribution is -2.52. The van der Waals surface area contributed by atoms with E-state index in [1.165, 1.54) is 16.7 Å². The standard InChI is InChI=1S/C29H34N4O2/c1-20-10-9-15-24(21(20)2)27-25(28(31-34)22-11-5-3-6-12-22)18-33(17-16-30)19-26(27)29(32-35)23-13-7-4-8-14-23/h3-15,25-27,34-35H,16-19,30H2,1-2H3/t25-,26-,27?/m0/s1. The van der Waals surface area contributed by atoms with Crippen LogP contribution in [0.3, 0.4) is 0 Å². The number of hydrogen-bond donors (Lipinski definition) is 3. The van der Waals surface area contributed by atoms with Gasteiger partial charge in [-0.1, -0.05) is 89.2 Å². The van der Waals surface area contributed by atoms with Crippen LogP contribution in [0.4, 0.5) is 0 Å². The number of nitrogens with two attached hydrogens (primary N) is 1. The van der Waals surface area contributed by atoms with Gasteiger partial charge in [-0.25, -0.2) is 0 Å². The smallest absolute Gasteiger partial charge is 0.0917 e. The van der Waals surface area contributed by atoms with Gasteiger partial charge in [0.15, 0.2) is 0 Å². The Bertz CT molecular complexity index is 1110. The molecule has 6 nitrogen and oxygen atoms in total. The van der Waals surface area contributed by atoms with E-state index in [1.807, 2.05) is 60.7 Å². The summed E-state index contributed by atoms with van der Waals surface area (Å²) in [6.45, 7) is 6.85. The number of hydrogen-bond acceptors (Lipinski definition) is 6. The van der Waals surface area contributed by atoms with Gasteiger partial charge in [0.05, 0.1) is 11.4 Å². The maximum Gasteiger partial charge on any atom is 0.0917 e. The Hall–Kier alpha value is -3.48. The summed E-state index contributed by atoms with van der Waals surface area (Å²) in [5.41, 5.74) is 12.6. The molecule has 4 rings (SSSR count). The van der Waals surface area contributed by atoms with Crippen molar-refractivity contribution in [2.45, 2.75) is 19.8 Å². The first-order valence-electron chi connectivity index (χ1n) is 12.1. The molecule has 0 unspecified atom stereocenters. The zero-order valence-corrected chi connectivity index (χ0v) is 20.4. The molecular formula is C29H34N4O2. The normalized spacial score (nSPS) is 21.7. The van der Waals surface area contributed by atoms with E-state index < -0.39 is 0 Å². The summed E-state index contributed by atoms with van der Waals surface area (Å²) >= 11 is 0. The van der Waals surface area contributed by atoms with Gasteiger partial charge in [0, 0.05) is 43.9 Å². The zero-order valence-electron chi connectivity index (χ0n) is 20.4. The molecule has 1 heterocycles. The van der Waals surface area contributed by atoms with Gasteiger partial charge in [-0.15, -0.1) is 0 Å². The Morgan fingerprint density at radius 2 is 1.31 bits per heavy atom. The maximum absolute atomic E-state index is 10.3. The lowest BCUT2D eigenvalue weighted by atomic mass is 9.67. The maximum atomic E-state index is 10.3. The van der Waals surface area contributed by atoms with Crippen LogP contribution in [0.1, 0.15) is 33.7 Å². The van der Waals surface area contributed by atoms with E-state index in [9.17, 15) is 10.4 Å². The molecule has 0 saturated carbocycles. The topological polar surface area (TPSA) is 94.4 Å². The minimum absolute atomic E-state index is 0.0684. The highest BCUT2D eigenvalue weighted by molar-refractivity contribution is 6.06. The lowest BCUT2D eigenvalue weighted by molar-refractivity contribution is 0.157. The fraction of sp³-hybridized carbons (Fsp3) is 0.310. The summed E-state index contributed by atoms with van der Waals surface area (Å²) in [4.78, 5) is 2.29. The zero-order chi connectivity index (χ0) is 24.8. The first-order chi connectivity index (χ1) is 17.1. The molecule has 0 aromatic heterocycles. The molecule has 1 saturated heterocycles. The van der Waals surface area contributed by atoms with E-state index in [2.05, 4.69) is 47.3 Å². The van der Waals surface area contributed by atoms with Crippen molar-refractivity contribution in [3.63, 3.8) is 0 Å². The van der Waals surface area contributed by atoms with Crippen molar-refractivity contribution in [3.05, 3.63) is 107 Å². The molecule has 182 valence electrons. The number of oxime groups is 2. The second kappa shape index (κ2) is 11.3. The van der Waals surface area contributed by atoms with E-state index in [1.54, 1.807) is 0 Å². The fourth-order valence-electron chi connectivity index (χ4n) is 5.49. The summed E-state index contributed by atoms with van der Waals surface area (Å²) in [7, 11) is 0. The van der Waals surface area contributed by atoms with Crippen molar-refractivity contribution in [1.82, 2.24) is 4.90 Å². The monoisotopic (exact) mass is 470 g/mol. The van der Waals surface area contributed by atoms with Crippen molar-refractivity contribution in [2.75, 3.05) is 26.2 Å². The molecule has 1 aliphatic rings. The Balaban J connectivity index is 1.92. The van der Waals surface area contributed by atoms with Gasteiger partial charge in [0.1, 0.15) is 0 Å². The number of rotatable bonds is 7. The van der Waals surface area contributed by atoms with Gasteiger partial charge in [-0.2, -0.15) is 0 Å². The van der Waals surface area contributed by atoms with Gasteiger partial charge in [0.2, 0.25) is 0 Å². The third-order valence-electron chi connectivity index (χ3n) is 7.28. The van der Waals surface area contributed by atoms with Crippen LogP contribution in [0.15, 0.2) is 89.2 Å². The van der Waals surface area contributed by atoms with Gasteiger partial charge < -0.3 is 21.0 Å². The highest BCUT2D eigenvalue weighted by Gasteiger charge is 2.44. The van der Waals surface area contributed by atoms with E-state index in [-0.39, 0.29) is 17.8 Å². The quantitative estimate of drug-likeness (QED) is 0.266. The molecule has 0 spiro atoms. The predicted molar refractivity (Wildman–Crippen MR) is 141 cm³/mol. The van der Waals surface area contributed by atoms with Gasteiger partial charge >= 0.3 is 0 Å². The van der Waals surface area contributed by atoms with Crippen molar-refractivity contribution in [1.29, 1.82) is 0 Å². The van der Waals surface area contributed by atoms with Crippen LogP contribution in [0.5, 0.6) is 0 Å². The van der Waals surface area contributed by atoms with Gasteiger partial charge in [-0.3, -0.25) is 0 Å². The summed E-state index contributed by atoms with van der Waals surface area (Å²) < 4.78 is 0. The van der Waals surface area contributed by atoms with E-state index in [4.69, 9.17) is 5.73 Å². The molecule has 3 aromatic rings. The first kappa shape index (κ1) is 24.6. The third kappa shape index (κ3) is 5.14. The Morgan fingerprint density at radius 1 is 0.800 bits per heavy atom. The highest BCUT2D eigenvalue weighted by atomic mass is 16.4. The third-order valence-corrected chi connectivity index (χ3v) is 7.28. The Labute approximate surface area is 207 Å². The van der Waals surface area contributed by atoms with E-state index in [0.29, 0.717) is 37.6 Å². The predicted octanol–water partition coefficient (Wildman–Crippen LogP) is 4.65. The molecule has 6 heteroatoms. The SMILES string of the molecule is Cc1cccc(C2[C@@H](C(=NO)c3ccccc3)CN(CCN)C[C@@H]2C(=NO)c2ccccc2)c1C. The molecule has 0 bridgehead atoms. The molecule has 0 radical (unpaired) electrons. The van der Waals surface area contributed by atoms with Crippen molar-refractivity contribution in [2.24, 2.45) is 27.9 Å². The molecule has 35 heavy (non-hydrogen) atoms. The summed E-state index contributed by atoms with van der Waals surface area (Å²) in [5, 5.41) is 28.3. The number of benzene rings is 3. The summed E-state index contributed by atoms with van der Waals surface area (Å²) in [5.74, 6) is -0.358. The van der Waals surface area contributed by atoms with Gasteiger partial charge in [0.25, 0.3) is 0 Å². The van der Waals surface area contributed by atoms with Crippen LogP contribution in [-0.4, -0.2) is 52.9 Å².